The normalized spacial score (nSPS) is 17.0. The molecule has 0 N–H and O–H groups in total. The molecule has 1 saturated heterocycles. The zero-order chi connectivity index (χ0) is 21.3. The van der Waals surface area contributed by atoms with Gasteiger partial charge in [0.2, 0.25) is 0 Å². The summed E-state index contributed by atoms with van der Waals surface area (Å²) in [6, 6.07) is 9.65. The van der Waals surface area contributed by atoms with Crippen molar-refractivity contribution in [1.29, 1.82) is 0 Å². The molecular formula is C23H27ClN4O2. The lowest BCUT2D eigenvalue weighted by Crippen LogP contribution is -2.40. The quantitative estimate of drug-likeness (QED) is 0.588. The van der Waals surface area contributed by atoms with Crippen LogP contribution in [0.3, 0.4) is 0 Å². The van der Waals surface area contributed by atoms with Crippen molar-refractivity contribution in [3.63, 3.8) is 0 Å². The van der Waals surface area contributed by atoms with Gasteiger partial charge in [0.25, 0.3) is 5.91 Å². The number of likely N-dealkylation sites (tertiary alicyclic amines) is 1. The molecule has 3 aromatic rings. The Morgan fingerprint density at radius 3 is 2.87 bits per heavy atom. The maximum absolute atomic E-state index is 13.1. The van der Waals surface area contributed by atoms with Crippen molar-refractivity contribution < 1.29 is 9.21 Å². The summed E-state index contributed by atoms with van der Waals surface area (Å²) in [5.74, 6) is 1.89. The Kier molecular flexibility index (Phi) is 5.95. The van der Waals surface area contributed by atoms with Crippen LogP contribution in [0.15, 0.2) is 40.9 Å². The van der Waals surface area contributed by atoms with Crippen molar-refractivity contribution in [1.82, 2.24) is 19.7 Å². The predicted octanol–water partition coefficient (Wildman–Crippen LogP) is 4.80. The first-order valence-corrected chi connectivity index (χ1v) is 10.8. The standard InChI is InChI=1S/C23H27ClN4O2/c1-15(2)20-12-21(27(3)26-20)23(29)28-10-6-8-17(14-28)22-25-13-18(30-22)11-16-7-4-5-9-19(16)24/h4-5,7,9,12-13,15,17H,6,8,10-11,14H2,1-3H3/t17-/m1/s1. The smallest absolute Gasteiger partial charge is 0.272 e. The number of aryl methyl sites for hydroxylation is 1. The van der Waals surface area contributed by atoms with E-state index in [1.54, 1.807) is 10.9 Å². The van der Waals surface area contributed by atoms with Crippen molar-refractivity contribution in [2.75, 3.05) is 13.1 Å². The first kappa shape index (κ1) is 20.7. The number of rotatable bonds is 5. The number of piperidine rings is 1. The average molecular weight is 427 g/mol. The number of amides is 1. The first-order valence-electron chi connectivity index (χ1n) is 10.4. The third kappa shape index (κ3) is 4.29. The van der Waals surface area contributed by atoms with Crippen LogP contribution in [-0.2, 0) is 13.5 Å². The van der Waals surface area contributed by atoms with Gasteiger partial charge in [-0.3, -0.25) is 9.48 Å². The van der Waals surface area contributed by atoms with E-state index >= 15 is 0 Å². The van der Waals surface area contributed by atoms with Gasteiger partial charge < -0.3 is 9.32 Å². The highest BCUT2D eigenvalue weighted by molar-refractivity contribution is 6.31. The molecule has 0 aliphatic carbocycles. The van der Waals surface area contributed by atoms with E-state index in [0.717, 1.165) is 41.4 Å². The minimum atomic E-state index is 0.0180. The zero-order valence-corrected chi connectivity index (χ0v) is 18.4. The largest absolute Gasteiger partial charge is 0.445 e. The Hall–Kier alpha value is -2.60. The summed E-state index contributed by atoms with van der Waals surface area (Å²) in [7, 11) is 1.83. The molecule has 0 radical (unpaired) electrons. The Balaban J connectivity index is 1.46. The van der Waals surface area contributed by atoms with E-state index in [-0.39, 0.29) is 17.7 Å². The molecule has 4 rings (SSSR count). The van der Waals surface area contributed by atoms with Crippen LogP contribution < -0.4 is 0 Å². The minimum Gasteiger partial charge on any atom is -0.445 e. The maximum Gasteiger partial charge on any atom is 0.272 e. The van der Waals surface area contributed by atoms with E-state index in [9.17, 15) is 4.79 Å². The summed E-state index contributed by atoms with van der Waals surface area (Å²) in [4.78, 5) is 19.5. The Bertz CT molecular complexity index is 1040. The van der Waals surface area contributed by atoms with Crippen molar-refractivity contribution in [2.45, 2.75) is 44.9 Å². The van der Waals surface area contributed by atoms with Crippen LogP contribution in [0.1, 0.15) is 71.9 Å². The van der Waals surface area contributed by atoms with Crippen LogP contribution in [-0.4, -0.2) is 38.7 Å². The number of aromatic nitrogens is 3. The summed E-state index contributed by atoms with van der Waals surface area (Å²) in [5.41, 5.74) is 2.58. The molecule has 7 heteroatoms. The van der Waals surface area contributed by atoms with E-state index in [1.165, 1.54) is 0 Å². The van der Waals surface area contributed by atoms with Crippen LogP contribution in [0.2, 0.25) is 5.02 Å². The second-order valence-electron chi connectivity index (χ2n) is 8.26. The molecule has 1 aromatic carbocycles. The van der Waals surface area contributed by atoms with Gasteiger partial charge in [-0.05, 0) is 36.5 Å². The molecule has 0 unspecified atom stereocenters. The number of hydrogen-bond acceptors (Lipinski definition) is 4. The molecule has 0 bridgehead atoms. The van der Waals surface area contributed by atoms with Crippen molar-refractivity contribution in [3.05, 3.63) is 70.2 Å². The molecular weight excluding hydrogens is 400 g/mol. The zero-order valence-electron chi connectivity index (χ0n) is 17.6. The van der Waals surface area contributed by atoms with Crippen LogP contribution in [0.4, 0.5) is 0 Å². The van der Waals surface area contributed by atoms with Gasteiger partial charge in [-0.2, -0.15) is 5.10 Å². The molecule has 0 saturated carbocycles. The predicted molar refractivity (Wildman–Crippen MR) is 116 cm³/mol. The second-order valence-corrected chi connectivity index (χ2v) is 8.66. The lowest BCUT2D eigenvalue weighted by molar-refractivity contribution is 0.0686. The van der Waals surface area contributed by atoms with E-state index < -0.39 is 0 Å². The molecule has 158 valence electrons. The van der Waals surface area contributed by atoms with E-state index in [0.29, 0.717) is 24.6 Å². The molecule has 1 aliphatic rings. The van der Waals surface area contributed by atoms with Gasteiger partial charge in [0.1, 0.15) is 11.5 Å². The van der Waals surface area contributed by atoms with Gasteiger partial charge in [0.05, 0.1) is 17.8 Å². The summed E-state index contributed by atoms with van der Waals surface area (Å²) in [6.45, 7) is 5.50. The summed E-state index contributed by atoms with van der Waals surface area (Å²) in [6.07, 6.45) is 4.26. The Morgan fingerprint density at radius 2 is 2.13 bits per heavy atom. The highest BCUT2D eigenvalue weighted by Gasteiger charge is 2.30. The lowest BCUT2D eigenvalue weighted by atomic mass is 9.97. The number of carbonyl (C=O) groups excluding carboxylic acids is 1. The Labute approximate surface area is 181 Å². The molecule has 3 heterocycles. The number of halogens is 1. The van der Waals surface area contributed by atoms with Crippen LogP contribution in [0, 0.1) is 0 Å². The van der Waals surface area contributed by atoms with E-state index in [4.69, 9.17) is 16.0 Å². The van der Waals surface area contributed by atoms with E-state index in [2.05, 4.69) is 23.9 Å². The summed E-state index contributed by atoms with van der Waals surface area (Å²) >= 11 is 6.26. The van der Waals surface area contributed by atoms with Crippen molar-refractivity contribution >= 4 is 17.5 Å². The number of nitrogens with zero attached hydrogens (tertiary/aromatic N) is 4. The SMILES string of the molecule is CC(C)c1cc(C(=O)N2CCC[C@@H](c3ncc(Cc4ccccc4Cl)o3)C2)n(C)n1. The molecule has 6 nitrogen and oxygen atoms in total. The molecule has 0 spiro atoms. The number of oxazole rings is 1. The van der Waals surface area contributed by atoms with Gasteiger partial charge in [-0.1, -0.05) is 43.6 Å². The molecule has 1 atom stereocenters. The van der Waals surface area contributed by atoms with Crippen LogP contribution >= 0.6 is 11.6 Å². The third-order valence-corrected chi connectivity index (χ3v) is 6.03. The summed E-state index contributed by atoms with van der Waals surface area (Å²) < 4.78 is 7.74. The van der Waals surface area contributed by atoms with Crippen molar-refractivity contribution in [3.8, 4) is 0 Å². The maximum atomic E-state index is 13.1. The highest BCUT2D eigenvalue weighted by atomic mass is 35.5. The number of hydrogen-bond donors (Lipinski definition) is 0. The fourth-order valence-corrected chi connectivity index (χ4v) is 4.12. The second kappa shape index (κ2) is 8.64. The lowest BCUT2D eigenvalue weighted by Gasteiger charge is -2.31. The average Bonchev–Trinajstić information content (AvgIpc) is 3.36. The van der Waals surface area contributed by atoms with Crippen LogP contribution in [0.25, 0.3) is 0 Å². The molecule has 1 fully saturated rings. The van der Waals surface area contributed by atoms with Crippen LogP contribution in [0.5, 0.6) is 0 Å². The molecule has 2 aromatic heterocycles. The molecule has 1 amide bonds. The molecule has 1 aliphatic heterocycles. The Morgan fingerprint density at radius 1 is 1.33 bits per heavy atom. The topological polar surface area (TPSA) is 64.2 Å². The van der Waals surface area contributed by atoms with Gasteiger partial charge in [-0.15, -0.1) is 0 Å². The molecule has 30 heavy (non-hydrogen) atoms. The van der Waals surface area contributed by atoms with E-state index in [1.807, 2.05) is 42.3 Å². The van der Waals surface area contributed by atoms with Gasteiger partial charge >= 0.3 is 0 Å². The number of benzene rings is 1. The van der Waals surface area contributed by atoms with Gasteiger partial charge in [0.15, 0.2) is 5.89 Å². The fraction of sp³-hybridized carbons (Fsp3) is 0.435. The first-order chi connectivity index (χ1) is 14.4. The monoisotopic (exact) mass is 426 g/mol. The fourth-order valence-electron chi connectivity index (χ4n) is 3.92. The van der Waals surface area contributed by atoms with Gasteiger partial charge in [0, 0.05) is 31.6 Å². The third-order valence-electron chi connectivity index (χ3n) is 5.66. The minimum absolute atomic E-state index is 0.0180. The number of carbonyl (C=O) groups is 1. The van der Waals surface area contributed by atoms with Gasteiger partial charge in [-0.25, -0.2) is 4.98 Å². The highest BCUT2D eigenvalue weighted by Crippen LogP contribution is 2.29. The summed E-state index contributed by atoms with van der Waals surface area (Å²) in [5, 5.41) is 5.20. The van der Waals surface area contributed by atoms with Crippen molar-refractivity contribution in [2.24, 2.45) is 7.05 Å².